The molecule has 1 aliphatic heterocycles. The van der Waals surface area contributed by atoms with Gasteiger partial charge in [-0.05, 0) is 45.0 Å². The molecule has 0 saturated carbocycles. The summed E-state index contributed by atoms with van der Waals surface area (Å²) in [4.78, 5) is 15.1. The van der Waals surface area contributed by atoms with Gasteiger partial charge in [-0.1, -0.05) is 37.3 Å². The standard InChI is InChI=1S/C17H26N2O2/c1-3-18-17(16(20)21-4-2,14-19-12-8-9-13-19)15-10-6-5-7-11-15/h5-7,10-11,18H,3-4,8-9,12-14H2,1-2H3. The third-order valence-corrected chi connectivity index (χ3v) is 4.03. The summed E-state index contributed by atoms with van der Waals surface area (Å²) in [6.45, 7) is 7.79. The van der Waals surface area contributed by atoms with Gasteiger partial charge >= 0.3 is 5.97 Å². The predicted molar refractivity (Wildman–Crippen MR) is 84.1 cm³/mol. The Bertz CT molecular complexity index is 443. The molecule has 21 heavy (non-hydrogen) atoms. The fraction of sp³-hybridized carbons (Fsp3) is 0.588. The van der Waals surface area contributed by atoms with Crippen molar-refractivity contribution in [2.45, 2.75) is 32.2 Å². The number of ether oxygens (including phenoxy) is 1. The zero-order chi connectivity index (χ0) is 15.1. The van der Waals surface area contributed by atoms with Crippen molar-refractivity contribution in [3.63, 3.8) is 0 Å². The Morgan fingerprint density at radius 1 is 1.24 bits per heavy atom. The van der Waals surface area contributed by atoms with Gasteiger partial charge in [0.2, 0.25) is 0 Å². The van der Waals surface area contributed by atoms with Crippen LogP contribution in [0.5, 0.6) is 0 Å². The van der Waals surface area contributed by atoms with Crippen LogP contribution in [0.1, 0.15) is 32.3 Å². The van der Waals surface area contributed by atoms with E-state index in [4.69, 9.17) is 4.74 Å². The molecule has 1 atom stereocenters. The maximum Gasteiger partial charge on any atom is 0.332 e. The molecule has 1 N–H and O–H groups in total. The molecule has 4 heteroatoms. The number of esters is 1. The molecule has 1 aromatic carbocycles. The molecule has 116 valence electrons. The third-order valence-electron chi connectivity index (χ3n) is 4.03. The first kappa shape index (κ1) is 16.0. The molecule has 2 rings (SSSR count). The van der Waals surface area contributed by atoms with Crippen molar-refractivity contribution < 1.29 is 9.53 Å². The monoisotopic (exact) mass is 290 g/mol. The summed E-state index contributed by atoms with van der Waals surface area (Å²) in [5.74, 6) is -0.176. The van der Waals surface area contributed by atoms with Gasteiger partial charge in [-0.15, -0.1) is 0 Å². The number of carbonyl (C=O) groups excluding carboxylic acids is 1. The normalized spacial score (nSPS) is 18.4. The van der Waals surface area contributed by atoms with Gasteiger partial charge in [0.25, 0.3) is 0 Å². The largest absolute Gasteiger partial charge is 0.464 e. The molecular weight excluding hydrogens is 264 g/mol. The maximum absolute atomic E-state index is 12.7. The topological polar surface area (TPSA) is 41.6 Å². The van der Waals surface area contributed by atoms with Crippen molar-refractivity contribution in [3.05, 3.63) is 35.9 Å². The highest BCUT2D eigenvalue weighted by Crippen LogP contribution is 2.26. The Labute approximate surface area is 127 Å². The Hall–Kier alpha value is -1.39. The molecule has 0 aromatic heterocycles. The molecule has 0 spiro atoms. The zero-order valence-corrected chi connectivity index (χ0v) is 13.1. The van der Waals surface area contributed by atoms with Crippen LogP contribution in [-0.4, -0.2) is 43.7 Å². The summed E-state index contributed by atoms with van der Waals surface area (Å²) >= 11 is 0. The first-order valence-electron chi connectivity index (χ1n) is 7.93. The van der Waals surface area contributed by atoms with Gasteiger partial charge in [-0.3, -0.25) is 5.32 Å². The van der Waals surface area contributed by atoms with Crippen LogP contribution in [0, 0.1) is 0 Å². The van der Waals surface area contributed by atoms with Crippen LogP contribution in [-0.2, 0) is 15.1 Å². The number of benzene rings is 1. The van der Waals surface area contributed by atoms with Crippen LogP contribution >= 0.6 is 0 Å². The fourth-order valence-corrected chi connectivity index (χ4v) is 3.06. The van der Waals surface area contributed by atoms with Gasteiger partial charge in [0.05, 0.1) is 6.61 Å². The van der Waals surface area contributed by atoms with Gasteiger partial charge in [-0.2, -0.15) is 0 Å². The smallest absolute Gasteiger partial charge is 0.332 e. The van der Waals surface area contributed by atoms with Gasteiger partial charge < -0.3 is 9.64 Å². The summed E-state index contributed by atoms with van der Waals surface area (Å²) < 4.78 is 5.40. The van der Waals surface area contributed by atoms with E-state index < -0.39 is 5.54 Å². The van der Waals surface area contributed by atoms with Crippen molar-refractivity contribution in [3.8, 4) is 0 Å². The molecule has 1 aliphatic rings. The Morgan fingerprint density at radius 3 is 2.48 bits per heavy atom. The third kappa shape index (κ3) is 3.63. The van der Waals surface area contributed by atoms with Crippen LogP contribution in [0.2, 0.25) is 0 Å². The molecular formula is C17H26N2O2. The Balaban J connectivity index is 2.34. The van der Waals surface area contributed by atoms with E-state index >= 15 is 0 Å². The molecule has 0 aliphatic carbocycles. The van der Waals surface area contributed by atoms with E-state index in [2.05, 4.69) is 10.2 Å². The fourth-order valence-electron chi connectivity index (χ4n) is 3.06. The summed E-state index contributed by atoms with van der Waals surface area (Å²) in [5, 5.41) is 3.41. The lowest BCUT2D eigenvalue weighted by atomic mass is 9.89. The average Bonchev–Trinajstić information content (AvgIpc) is 3.00. The van der Waals surface area contributed by atoms with E-state index in [0.717, 1.165) is 25.2 Å². The number of likely N-dealkylation sites (N-methyl/N-ethyl adjacent to an activating group) is 1. The van der Waals surface area contributed by atoms with E-state index in [1.807, 2.05) is 44.2 Å². The van der Waals surface area contributed by atoms with Gasteiger partial charge in [0.1, 0.15) is 0 Å². The summed E-state index contributed by atoms with van der Waals surface area (Å²) in [5.41, 5.74) is 0.216. The molecule has 1 aromatic rings. The van der Waals surface area contributed by atoms with Gasteiger partial charge in [-0.25, -0.2) is 4.79 Å². The highest BCUT2D eigenvalue weighted by Gasteiger charge is 2.42. The Morgan fingerprint density at radius 2 is 1.90 bits per heavy atom. The number of carbonyl (C=O) groups is 1. The molecule has 1 fully saturated rings. The van der Waals surface area contributed by atoms with E-state index in [-0.39, 0.29) is 5.97 Å². The van der Waals surface area contributed by atoms with Crippen LogP contribution in [0.25, 0.3) is 0 Å². The lowest BCUT2D eigenvalue weighted by Crippen LogP contribution is -2.56. The highest BCUT2D eigenvalue weighted by molar-refractivity contribution is 5.83. The highest BCUT2D eigenvalue weighted by atomic mass is 16.5. The van der Waals surface area contributed by atoms with E-state index in [9.17, 15) is 4.79 Å². The van der Waals surface area contributed by atoms with Crippen LogP contribution in [0.3, 0.4) is 0 Å². The molecule has 0 radical (unpaired) electrons. The second-order valence-corrected chi connectivity index (χ2v) is 5.51. The predicted octanol–water partition coefficient (Wildman–Crippen LogP) is 2.15. The minimum absolute atomic E-state index is 0.176. The van der Waals surface area contributed by atoms with E-state index in [1.165, 1.54) is 12.8 Å². The SMILES string of the molecule is CCNC(CN1CCCC1)(C(=O)OCC)c1ccccc1. The first-order chi connectivity index (χ1) is 10.2. The summed E-state index contributed by atoms with van der Waals surface area (Å²) in [6, 6.07) is 9.95. The molecule has 1 unspecified atom stereocenters. The molecule has 1 heterocycles. The molecule has 1 saturated heterocycles. The number of rotatable bonds is 7. The van der Waals surface area contributed by atoms with Crippen molar-refractivity contribution in [2.75, 3.05) is 32.8 Å². The maximum atomic E-state index is 12.7. The second kappa shape index (κ2) is 7.57. The molecule has 0 bridgehead atoms. The van der Waals surface area contributed by atoms with E-state index in [1.54, 1.807) is 0 Å². The number of nitrogens with zero attached hydrogens (tertiary/aromatic N) is 1. The average molecular weight is 290 g/mol. The van der Waals surface area contributed by atoms with E-state index in [0.29, 0.717) is 13.2 Å². The molecule has 4 nitrogen and oxygen atoms in total. The molecule has 0 amide bonds. The second-order valence-electron chi connectivity index (χ2n) is 5.51. The minimum atomic E-state index is -0.768. The number of nitrogens with one attached hydrogen (secondary N) is 1. The van der Waals surface area contributed by atoms with Crippen LogP contribution in [0.4, 0.5) is 0 Å². The lowest BCUT2D eigenvalue weighted by molar-refractivity contribution is -0.152. The summed E-state index contributed by atoms with van der Waals surface area (Å²) in [6.07, 6.45) is 2.42. The first-order valence-corrected chi connectivity index (χ1v) is 7.93. The summed E-state index contributed by atoms with van der Waals surface area (Å²) in [7, 11) is 0. The minimum Gasteiger partial charge on any atom is -0.464 e. The number of likely N-dealkylation sites (tertiary alicyclic amines) is 1. The van der Waals surface area contributed by atoms with Crippen molar-refractivity contribution in [1.82, 2.24) is 10.2 Å². The zero-order valence-electron chi connectivity index (χ0n) is 13.1. The Kier molecular flexibility index (Phi) is 5.76. The van der Waals surface area contributed by atoms with Gasteiger partial charge in [0, 0.05) is 6.54 Å². The quantitative estimate of drug-likeness (QED) is 0.781. The van der Waals surface area contributed by atoms with Crippen molar-refractivity contribution >= 4 is 5.97 Å². The van der Waals surface area contributed by atoms with Crippen LogP contribution in [0.15, 0.2) is 30.3 Å². The number of hydrogen-bond donors (Lipinski definition) is 1. The van der Waals surface area contributed by atoms with Crippen molar-refractivity contribution in [1.29, 1.82) is 0 Å². The van der Waals surface area contributed by atoms with Crippen LogP contribution < -0.4 is 5.32 Å². The van der Waals surface area contributed by atoms with Crippen molar-refractivity contribution in [2.24, 2.45) is 0 Å². The van der Waals surface area contributed by atoms with Gasteiger partial charge in [0.15, 0.2) is 5.54 Å². The lowest BCUT2D eigenvalue weighted by Gasteiger charge is -2.36. The number of hydrogen-bond acceptors (Lipinski definition) is 4.